The standard InChI is InChI=1S/C8H12N4O3.HNO2.Na.H/c1-3-11-6(9)5(10-15)7(13)12(4-2)8(11)14;2-1-3;;/h3-4,9H2,1-2H3;(H,2,3);;. The van der Waals surface area contributed by atoms with E-state index < -0.39 is 16.9 Å². The summed E-state index contributed by atoms with van der Waals surface area (Å²) in [6.07, 6.45) is 0. The van der Waals surface area contributed by atoms with Gasteiger partial charge in [0.15, 0.2) is 5.34 Å². The first kappa shape index (κ1) is 19.8. The summed E-state index contributed by atoms with van der Waals surface area (Å²) in [5, 5.41) is 10.4. The Bertz CT molecular complexity index is 552. The molecule has 0 saturated carbocycles. The molecule has 1 aromatic rings. The van der Waals surface area contributed by atoms with Crippen molar-refractivity contribution < 1.29 is 5.21 Å². The van der Waals surface area contributed by atoms with Gasteiger partial charge in [0.05, 0.1) is 0 Å². The Balaban J connectivity index is 0. The molecule has 11 heteroatoms. The molecular formula is C8H14N5NaO5. The van der Waals surface area contributed by atoms with Gasteiger partial charge in [-0.15, -0.1) is 9.81 Å². The Kier molecular flexibility index (Phi) is 9.82. The van der Waals surface area contributed by atoms with E-state index in [-0.39, 0.29) is 48.5 Å². The van der Waals surface area contributed by atoms with Crippen molar-refractivity contribution in [2.24, 2.45) is 10.5 Å². The van der Waals surface area contributed by atoms with Gasteiger partial charge in [0.1, 0.15) is 5.82 Å². The summed E-state index contributed by atoms with van der Waals surface area (Å²) in [6, 6.07) is 0. The molecule has 0 aromatic carbocycles. The first-order chi connectivity index (χ1) is 8.49. The Morgan fingerprint density at radius 3 is 1.89 bits per heavy atom. The summed E-state index contributed by atoms with van der Waals surface area (Å²) in [5.74, 6) is -0.174. The second kappa shape index (κ2) is 9.42. The summed E-state index contributed by atoms with van der Waals surface area (Å²) < 4.78 is 2.07. The number of hydrogen-bond donors (Lipinski definition) is 2. The van der Waals surface area contributed by atoms with E-state index in [1.807, 2.05) is 0 Å². The summed E-state index contributed by atoms with van der Waals surface area (Å²) in [4.78, 5) is 41.7. The minimum atomic E-state index is -0.736. The van der Waals surface area contributed by atoms with Crippen molar-refractivity contribution in [2.75, 3.05) is 5.73 Å². The van der Waals surface area contributed by atoms with Gasteiger partial charge in [-0.2, -0.15) is 0 Å². The maximum atomic E-state index is 11.6. The van der Waals surface area contributed by atoms with Crippen LogP contribution in [0.15, 0.2) is 20.1 Å². The maximum absolute atomic E-state index is 11.6. The van der Waals surface area contributed by atoms with E-state index in [4.69, 9.17) is 15.8 Å². The van der Waals surface area contributed by atoms with Crippen LogP contribution in [0.5, 0.6) is 0 Å². The zero-order valence-corrected chi connectivity index (χ0v) is 9.86. The molecule has 0 saturated heterocycles. The number of nitroso groups, excluding NO2 is 1. The number of aromatic nitrogens is 2. The Morgan fingerprint density at radius 2 is 1.58 bits per heavy atom. The molecule has 0 fully saturated rings. The van der Waals surface area contributed by atoms with Crippen molar-refractivity contribution in [1.82, 2.24) is 9.13 Å². The van der Waals surface area contributed by atoms with E-state index in [1.165, 1.54) is 5.34 Å². The van der Waals surface area contributed by atoms with E-state index in [1.54, 1.807) is 13.8 Å². The van der Waals surface area contributed by atoms with Crippen LogP contribution in [0, 0.1) is 9.81 Å². The molecule has 0 atom stereocenters. The molecule has 1 heterocycles. The van der Waals surface area contributed by atoms with Crippen molar-refractivity contribution in [3.8, 4) is 0 Å². The third-order valence-electron chi connectivity index (χ3n) is 2.17. The monoisotopic (exact) mass is 283 g/mol. The Morgan fingerprint density at radius 1 is 1.16 bits per heavy atom. The molecule has 0 aliphatic rings. The molecule has 3 N–H and O–H groups in total. The first-order valence-corrected chi connectivity index (χ1v) is 4.93. The fourth-order valence-electron chi connectivity index (χ4n) is 1.37. The van der Waals surface area contributed by atoms with Crippen molar-refractivity contribution in [1.29, 1.82) is 0 Å². The van der Waals surface area contributed by atoms with Gasteiger partial charge in [0.25, 0.3) is 5.56 Å². The summed E-state index contributed by atoms with van der Waals surface area (Å²) >= 11 is 0. The topological polar surface area (TPSA) is 149 Å². The van der Waals surface area contributed by atoms with Crippen LogP contribution in [0.1, 0.15) is 13.8 Å². The van der Waals surface area contributed by atoms with Gasteiger partial charge >= 0.3 is 35.2 Å². The SMILES string of the molecule is CCn1c(N)c(N=O)c(=O)n(CC)c1=O.O=NO.[NaH]. The van der Waals surface area contributed by atoms with Crippen LogP contribution >= 0.6 is 0 Å². The van der Waals surface area contributed by atoms with E-state index >= 15 is 0 Å². The number of nitrogens with two attached hydrogens (primary N) is 1. The van der Waals surface area contributed by atoms with Crippen molar-refractivity contribution in [3.63, 3.8) is 0 Å². The van der Waals surface area contributed by atoms with Crippen LogP contribution in [-0.4, -0.2) is 43.9 Å². The van der Waals surface area contributed by atoms with Crippen molar-refractivity contribution in [3.05, 3.63) is 30.7 Å². The van der Waals surface area contributed by atoms with Crippen LogP contribution in [0.3, 0.4) is 0 Å². The molecule has 0 aliphatic heterocycles. The summed E-state index contributed by atoms with van der Waals surface area (Å²) in [5.41, 5.74) is 3.83. The second-order valence-electron chi connectivity index (χ2n) is 2.98. The number of rotatable bonds is 3. The molecule has 0 unspecified atom stereocenters. The Hall–Kier alpha value is -1.52. The number of nitrogen functional groups attached to an aromatic ring is 1. The zero-order valence-electron chi connectivity index (χ0n) is 9.86. The van der Waals surface area contributed by atoms with Gasteiger partial charge in [-0.05, 0) is 19.0 Å². The van der Waals surface area contributed by atoms with E-state index in [0.717, 1.165) is 9.13 Å². The molecule has 1 aromatic heterocycles. The van der Waals surface area contributed by atoms with E-state index in [9.17, 15) is 14.5 Å². The van der Waals surface area contributed by atoms with Crippen LogP contribution in [-0.2, 0) is 13.1 Å². The van der Waals surface area contributed by atoms with Crippen LogP contribution < -0.4 is 17.0 Å². The van der Waals surface area contributed by atoms with E-state index in [0.29, 0.717) is 0 Å². The van der Waals surface area contributed by atoms with Crippen molar-refractivity contribution in [2.45, 2.75) is 26.9 Å². The third kappa shape index (κ3) is 4.26. The number of hydrogen-bond acceptors (Lipinski definition) is 7. The zero-order chi connectivity index (χ0) is 14.3. The summed E-state index contributed by atoms with van der Waals surface area (Å²) in [7, 11) is 0. The summed E-state index contributed by atoms with van der Waals surface area (Å²) in [6.45, 7) is 3.79. The molecule has 0 aliphatic carbocycles. The predicted molar refractivity (Wildman–Crippen MR) is 70.9 cm³/mol. The molecule has 19 heavy (non-hydrogen) atoms. The average molecular weight is 283 g/mol. The predicted octanol–water partition coefficient (Wildman–Crippen LogP) is -0.477. The van der Waals surface area contributed by atoms with Gasteiger partial charge in [-0.1, -0.05) is 0 Å². The fraction of sp³-hybridized carbons (Fsp3) is 0.500. The van der Waals surface area contributed by atoms with Crippen LogP contribution in [0.2, 0.25) is 0 Å². The number of nitrogens with zero attached hydrogens (tertiary/aromatic N) is 4. The van der Waals surface area contributed by atoms with Gasteiger partial charge in [-0.25, -0.2) is 4.79 Å². The van der Waals surface area contributed by atoms with Crippen LogP contribution in [0.4, 0.5) is 11.5 Å². The quantitative estimate of drug-likeness (QED) is 0.434. The van der Waals surface area contributed by atoms with Gasteiger partial charge in [0.2, 0.25) is 5.69 Å². The molecule has 0 bridgehead atoms. The van der Waals surface area contributed by atoms with Crippen molar-refractivity contribution >= 4 is 41.1 Å². The van der Waals surface area contributed by atoms with Gasteiger partial charge < -0.3 is 10.9 Å². The fourth-order valence-corrected chi connectivity index (χ4v) is 1.37. The number of anilines is 1. The molecule has 0 radical (unpaired) electrons. The van der Waals surface area contributed by atoms with Crippen LogP contribution in [0.25, 0.3) is 0 Å². The minimum absolute atomic E-state index is 0. The normalized spacial score (nSPS) is 8.74. The molecule has 10 nitrogen and oxygen atoms in total. The van der Waals surface area contributed by atoms with E-state index in [2.05, 4.69) is 5.18 Å². The molecule has 0 spiro atoms. The average Bonchev–Trinajstić information content (AvgIpc) is 2.31. The molecular weight excluding hydrogens is 269 g/mol. The van der Waals surface area contributed by atoms with Gasteiger partial charge in [0, 0.05) is 13.1 Å². The third-order valence-corrected chi connectivity index (χ3v) is 2.17. The Labute approximate surface area is 129 Å². The molecule has 1 rings (SSSR count). The van der Waals surface area contributed by atoms with Gasteiger partial charge in [-0.3, -0.25) is 13.9 Å². The second-order valence-corrected chi connectivity index (χ2v) is 2.98. The first-order valence-electron chi connectivity index (χ1n) is 4.93. The molecule has 102 valence electrons. The molecule has 0 amide bonds.